The van der Waals surface area contributed by atoms with Gasteiger partial charge in [-0.15, -0.1) is 0 Å². The molecule has 1 aliphatic rings. The lowest BCUT2D eigenvalue weighted by atomic mass is 9.90. The Bertz CT molecular complexity index is 355. The summed E-state index contributed by atoms with van der Waals surface area (Å²) in [5.74, 6) is 1.40. The monoisotopic (exact) mass is 207 g/mol. The molecule has 0 aliphatic carbocycles. The van der Waals surface area contributed by atoms with Gasteiger partial charge in [0.2, 0.25) is 0 Å². The molecule has 0 radical (unpaired) electrons. The molecule has 1 aromatic rings. The zero-order valence-electron chi connectivity index (χ0n) is 9.54. The van der Waals surface area contributed by atoms with Crippen LogP contribution in [0.15, 0.2) is 12.1 Å². The van der Waals surface area contributed by atoms with Crippen LogP contribution >= 0.6 is 0 Å². The van der Waals surface area contributed by atoms with Crippen molar-refractivity contribution in [1.82, 2.24) is 4.98 Å². The molecule has 0 bridgehead atoms. The lowest BCUT2D eigenvalue weighted by Gasteiger charge is -2.20. The lowest BCUT2D eigenvalue weighted by Crippen LogP contribution is -2.17. The maximum absolute atomic E-state index is 5.44. The SMILES string of the molecule is CC(C)(C)Cc1ccc2c(n1)OCCO2. The fourth-order valence-corrected chi connectivity index (χ4v) is 1.61. The fourth-order valence-electron chi connectivity index (χ4n) is 1.61. The zero-order valence-corrected chi connectivity index (χ0v) is 9.54. The van der Waals surface area contributed by atoms with Crippen molar-refractivity contribution in [1.29, 1.82) is 0 Å². The second kappa shape index (κ2) is 3.72. The van der Waals surface area contributed by atoms with Gasteiger partial charge in [-0.3, -0.25) is 0 Å². The summed E-state index contributed by atoms with van der Waals surface area (Å²) in [4.78, 5) is 4.45. The Labute approximate surface area is 90.4 Å². The largest absolute Gasteiger partial charge is 0.484 e. The molecule has 0 saturated heterocycles. The normalized spacial score (nSPS) is 15.1. The number of hydrogen-bond donors (Lipinski definition) is 0. The molecule has 1 aromatic heterocycles. The Morgan fingerprint density at radius 2 is 1.93 bits per heavy atom. The molecule has 1 aliphatic heterocycles. The van der Waals surface area contributed by atoms with Crippen molar-refractivity contribution in [3.63, 3.8) is 0 Å². The molecule has 2 heterocycles. The molecule has 0 N–H and O–H groups in total. The zero-order chi connectivity index (χ0) is 10.9. The highest BCUT2D eigenvalue weighted by Crippen LogP contribution is 2.29. The predicted octanol–water partition coefficient (Wildman–Crippen LogP) is 2.44. The number of aromatic nitrogens is 1. The van der Waals surface area contributed by atoms with Crippen molar-refractivity contribution >= 4 is 0 Å². The molecule has 82 valence electrons. The first-order chi connectivity index (χ1) is 7.04. The average molecular weight is 207 g/mol. The van der Waals surface area contributed by atoms with Crippen LogP contribution in [-0.2, 0) is 6.42 Å². The van der Waals surface area contributed by atoms with Crippen LogP contribution in [0, 0.1) is 5.41 Å². The summed E-state index contributed by atoms with van der Waals surface area (Å²) in [6.07, 6.45) is 0.948. The smallest absolute Gasteiger partial charge is 0.257 e. The molecule has 0 amide bonds. The molecule has 3 heteroatoms. The van der Waals surface area contributed by atoms with Crippen molar-refractivity contribution in [2.24, 2.45) is 5.41 Å². The first-order valence-electron chi connectivity index (χ1n) is 5.30. The minimum absolute atomic E-state index is 0.247. The summed E-state index contributed by atoms with van der Waals surface area (Å²) in [7, 11) is 0. The van der Waals surface area contributed by atoms with Crippen LogP contribution in [0.3, 0.4) is 0 Å². The quantitative estimate of drug-likeness (QED) is 0.708. The number of hydrogen-bond acceptors (Lipinski definition) is 3. The van der Waals surface area contributed by atoms with Crippen LogP contribution < -0.4 is 9.47 Å². The summed E-state index contributed by atoms with van der Waals surface area (Å²) in [5.41, 5.74) is 1.31. The Hall–Kier alpha value is -1.25. The van der Waals surface area contributed by atoms with Crippen LogP contribution in [0.5, 0.6) is 11.6 Å². The van der Waals surface area contributed by atoms with E-state index in [2.05, 4.69) is 25.8 Å². The van der Waals surface area contributed by atoms with Gasteiger partial charge >= 0.3 is 0 Å². The predicted molar refractivity (Wildman–Crippen MR) is 58.4 cm³/mol. The highest BCUT2D eigenvalue weighted by Gasteiger charge is 2.17. The number of pyridine rings is 1. The van der Waals surface area contributed by atoms with E-state index < -0.39 is 0 Å². The third kappa shape index (κ3) is 2.61. The van der Waals surface area contributed by atoms with E-state index in [4.69, 9.17) is 9.47 Å². The molecule has 0 aromatic carbocycles. The Kier molecular flexibility index (Phi) is 2.55. The van der Waals surface area contributed by atoms with Gasteiger partial charge in [0, 0.05) is 5.69 Å². The van der Waals surface area contributed by atoms with Crippen LogP contribution in [-0.4, -0.2) is 18.2 Å². The van der Waals surface area contributed by atoms with Gasteiger partial charge in [-0.1, -0.05) is 20.8 Å². The number of ether oxygens (including phenoxy) is 2. The van der Waals surface area contributed by atoms with E-state index >= 15 is 0 Å². The van der Waals surface area contributed by atoms with E-state index in [1.165, 1.54) is 0 Å². The Morgan fingerprint density at radius 1 is 1.20 bits per heavy atom. The first-order valence-corrected chi connectivity index (χ1v) is 5.30. The van der Waals surface area contributed by atoms with Gasteiger partial charge in [0.25, 0.3) is 5.88 Å². The van der Waals surface area contributed by atoms with Gasteiger partial charge in [-0.2, -0.15) is 0 Å². The second-order valence-electron chi connectivity index (χ2n) is 5.04. The summed E-state index contributed by atoms with van der Waals surface area (Å²) < 4.78 is 10.9. The molecule has 0 unspecified atom stereocenters. The van der Waals surface area contributed by atoms with E-state index in [-0.39, 0.29) is 5.41 Å². The minimum atomic E-state index is 0.247. The third-order valence-electron chi connectivity index (χ3n) is 2.17. The van der Waals surface area contributed by atoms with Crippen LogP contribution in [0.4, 0.5) is 0 Å². The Balaban J connectivity index is 2.21. The summed E-state index contributed by atoms with van der Waals surface area (Å²) in [5, 5.41) is 0. The van der Waals surface area contributed by atoms with E-state index in [1.807, 2.05) is 12.1 Å². The molecular formula is C12H17NO2. The second-order valence-corrected chi connectivity index (χ2v) is 5.04. The molecule has 0 spiro atoms. The van der Waals surface area contributed by atoms with Crippen molar-refractivity contribution in [3.8, 4) is 11.6 Å². The van der Waals surface area contributed by atoms with Crippen molar-refractivity contribution < 1.29 is 9.47 Å². The van der Waals surface area contributed by atoms with Gasteiger partial charge in [-0.05, 0) is 24.0 Å². The molecule has 3 nitrogen and oxygen atoms in total. The van der Waals surface area contributed by atoms with E-state index in [1.54, 1.807) is 0 Å². The highest BCUT2D eigenvalue weighted by atomic mass is 16.6. The van der Waals surface area contributed by atoms with Crippen LogP contribution in [0.25, 0.3) is 0 Å². The maximum atomic E-state index is 5.44. The number of nitrogens with zero attached hydrogens (tertiary/aromatic N) is 1. The van der Waals surface area contributed by atoms with Gasteiger partial charge in [0.15, 0.2) is 5.75 Å². The van der Waals surface area contributed by atoms with E-state index in [0.717, 1.165) is 17.9 Å². The lowest BCUT2D eigenvalue weighted by molar-refractivity contribution is 0.163. The summed E-state index contributed by atoms with van der Waals surface area (Å²) >= 11 is 0. The van der Waals surface area contributed by atoms with Crippen molar-refractivity contribution in [2.45, 2.75) is 27.2 Å². The fraction of sp³-hybridized carbons (Fsp3) is 0.583. The van der Waals surface area contributed by atoms with E-state index in [0.29, 0.717) is 19.1 Å². The Morgan fingerprint density at radius 3 is 2.67 bits per heavy atom. The van der Waals surface area contributed by atoms with Crippen molar-refractivity contribution in [2.75, 3.05) is 13.2 Å². The molecule has 15 heavy (non-hydrogen) atoms. The topological polar surface area (TPSA) is 31.4 Å². The highest BCUT2D eigenvalue weighted by molar-refractivity contribution is 5.36. The van der Waals surface area contributed by atoms with Gasteiger partial charge < -0.3 is 9.47 Å². The van der Waals surface area contributed by atoms with Crippen LogP contribution in [0.1, 0.15) is 26.5 Å². The molecular weight excluding hydrogens is 190 g/mol. The molecule has 0 atom stereocenters. The van der Waals surface area contributed by atoms with Gasteiger partial charge in [0.05, 0.1) is 0 Å². The van der Waals surface area contributed by atoms with E-state index in [9.17, 15) is 0 Å². The van der Waals surface area contributed by atoms with Gasteiger partial charge in [-0.25, -0.2) is 4.98 Å². The van der Waals surface area contributed by atoms with Crippen LogP contribution in [0.2, 0.25) is 0 Å². The third-order valence-corrected chi connectivity index (χ3v) is 2.17. The molecule has 2 rings (SSSR count). The van der Waals surface area contributed by atoms with Crippen molar-refractivity contribution in [3.05, 3.63) is 17.8 Å². The maximum Gasteiger partial charge on any atom is 0.257 e. The summed E-state index contributed by atoms with van der Waals surface area (Å²) in [6, 6.07) is 3.96. The standard InChI is InChI=1S/C12H17NO2/c1-12(2,3)8-9-4-5-10-11(13-9)15-7-6-14-10/h4-5H,6-8H2,1-3H3. The minimum Gasteiger partial charge on any atom is -0.484 e. The number of rotatable bonds is 1. The summed E-state index contributed by atoms with van der Waals surface area (Å²) in [6.45, 7) is 7.81. The first kappa shape index (κ1) is 10.3. The average Bonchev–Trinajstić information content (AvgIpc) is 2.15. The molecule has 0 fully saturated rings. The van der Waals surface area contributed by atoms with Gasteiger partial charge in [0.1, 0.15) is 13.2 Å². The number of fused-ring (bicyclic) bond motifs is 1. The molecule has 0 saturated carbocycles.